The van der Waals surface area contributed by atoms with Crippen molar-refractivity contribution in [3.8, 4) is 0 Å². The molecule has 0 saturated heterocycles. The summed E-state index contributed by atoms with van der Waals surface area (Å²) >= 11 is 0. The van der Waals surface area contributed by atoms with Crippen molar-refractivity contribution in [1.29, 1.82) is 0 Å². The highest BCUT2D eigenvalue weighted by molar-refractivity contribution is 7.93. The van der Waals surface area contributed by atoms with Crippen LogP contribution in [-0.2, 0) is 15.4 Å². The minimum atomic E-state index is -4.47. The molecule has 3 rings (SSSR count). The lowest BCUT2D eigenvalue weighted by Gasteiger charge is -2.20. The highest BCUT2D eigenvalue weighted by Gasteiger charge is 2.32. The number of nitrogens with zero attached hydrogens (tertiary/aromatic N) is 1. The van der Waals surface area contributed by atoms with Crippen molar-refractivity contribution in [3.63, 3.8) is 0 Å². The summed E-state index contributed by atoms with van der Waals surface area (Å²) in [5.74, 6) is 0. The number of urea groups is 2. The molecule has 0 spiro atoms. The number of amides is 4. The van der Waals surface area contributed by atoms with Crippen LogP contribution in [0.25, 0.3) is 6.08 Å². The molecule has 0 aromatic heterocycles. The Morgan fingerprint density at radius 3 is 1.59 bits per heavy atom. The highest BCUT2D eigenvalue weighted by atomic mass is 32.2. The molecule has 3 aromatic carbocycles. The van der Waals surface area contributed by atoms with Gasteiger partial charge in [-0.05, 0) is 46.9 Å². The average Bonchev–Trinajstić information content (AvgIpc) is 2.78. The highest BCUT2D eigenvalue weighted by Crippen LogP contribution is 2.23. The van der Waals surface area contributed by atoms with Gasteiger partial charge < -0.3 is 10.6 Å². The van der Waals surface area contributed by atoms with Crippen molar-refractivity contribution in [2.24, 2.45) is 0 Å². The average molecular weight is 478 g/mol. The summed E-state index contributed by atoms with van der Waals surface area (Å²) < 4.78 is 26.4. The molecule has 0 aliphatic carbocycles. The molecule has 0 heterocycles. The molecule has 0 fully saturated rings. The summed E-state index contributed by atoms with van der Waals surface area (Å²) in [6.07, 6.45) is 1.35. The lowest BCUT2D eigenvalue weighted by atomic mass is 9.87. The Morgan fingerprint density at radius 2 is 1.18 bits per heavy atom. The number of sulfonamides is 1. The number of imide groups is 1. The Kier molecular flexibility index (Phi) is 7.53. The van der Waals surface area contributed by atoms with Crippen LogP contribution in [0, 0.1) is 0 Å². The van der Waals surface area contributed by atoms with E-state index in [-0.39, 0.29) is 9.72 Å². The standard InChI is InChI=1S/C26H27N3O4S/c1-26(2,3)21-16-14-20(15-17-21)18-19-34(32,33)29(24(30)27-22-10-6-4-7-11-22)25(31)28-23-12-8-5-9-13-23/h4-19H,1-3H3,(H,27,30)(H,28,31)/b19-18+. The van der Waals surface area contributed by atoms with E-state index in [1.165, 1.54) is 6.08 Å². The Hall–Kier alpha value is -3.91. The molecule has 3 aromatic rings. The number of anilines is 2. The van der Waals surface area contributed by atoms with Crippen LogP contribution in [0.15, 0.2) is 90.3 Å². The molecule has 2 N–H and O–H groups in total. The largest absolute Gasteiger partial charge is 0.344 e. The number of hydrogen-bond acceptors (Lipinski definition) is 4. The second kappa shape index (κ2) is 10.4. The van der Waals surface area contributed by atoms with Gasteiger partial charge in [0, 0.05) is 11.4 Å². The molecule has 0 saturated carbocycles. The fourth-order valence-corrected chi connectivity index (χ4v) is 4.04. The van der Waals surface area contributed by atoms with E-state index in [1.807, 2.05) is 12.1 Å². The topological polar surface area (TPSA) is 95.6 Å². The first-order chi connectivity index (χ1) is 16.1. The van der Waals surface area contributed by atoms with Crippen LogP contribution in [0.5, 0.6) is 0 Å². The van der Waals surface area contributed by atoms with Crippen molar-refractivity contribution in [2.45, 2.75) is 26.2 Å². The predicted octanol–water partition coefficient (Wildman–Crippen LogP) is 6.05. The van der Waals surface area contributed by atoms with Crippen molar-refractivity contribution in [2.75, 3.05) is 10.6 Å². The van der Waals surface area contributed by atoms with Gasteiger partial charge in [0.2, 0.25) is 0 Å². The second-order valence-corrected chi connectivity index (χ2v) is 10.2. The third-order valence-corrected chi connectivity index (χ3v) is 6.20. The fourth-order valence-electron chi connectivity index (χ4n) is 3.03. The van der Waals surface area contributed by atoms with Gasteiger partial charge in [-0.1, -0.05) is 81.4 Å². The molecule has 7 nitrogen and oxygen atoms in total. The summed E-state index contributed by atoms with van der Waals surface area (Å²) in [6, 6.07) is 21.8. The van der Waals surface area contributed by atoms with E-state index >= 15 is 0 Å². The molecule has 8 heteroatoms. The Morgan fingerprint density at radius 1 is 0.735 bits per heavy atom. The van der Waals surface area contributed by atoms with E-state index in [2.05, 4.69) is 31.4 Å². The number of benzene rings is 3. The molecule has 0 atom stereocenters. The van der Waals surface area contributed by atoms with Crippen molar-refractivity contribution >= 4 is 39.5 Å². The van der Waals surface area contributed by atoms with Gasteiger partial charge in [-0.3, -0.25) is 0 Å². The zero-order valence-electron chi connectivity index (χ0n) is 19.2. The van der Waals surface area contributed by atoms with Crippen LogP contribution in [-0.4, -0.2) is 24.8 Å². The Labute approximate surface area is 200 Å². The van der Waals surface area contributed by atoms with Gasteiger partial charge in [-0.15, -0.1) is 4.31 Å². The van der Waals surface area contributed by atoms with Gasteiger partial charge in [-0.25, -0.2) is 18.0 Å². The molecule has 0 unspecified atom stereocenters. The maximum Gasteiger partial charge on any atom is 0.344 e. The zero-order valence-corrected chi connectivity index (χ0v) is 20.0. The normalized spacial score (nSPS) is 11.7. The van der Waals surface area contributed by atoms with Gasteiger partial charge in [0.25, 0.3) is 10.0 Å². The minimum Gasteiger partial charge on any atom is -0.307 e. The lowest BCUT2D eigenvalue weighted by Crippen LogP contribution is -2.45. The summed E-state index contributed by atoms with van der Waals surface area (Å²) in [4.78, 5) is 25.8. The van der Waals surface area contributed by atoms with E-state index in [1.54, 1.807) is 72.8 Å². The van der Waals surface area contributed by atoms with E-state index in [4.69, 9.17) is 0 Å². The van der Waals surface area contributed by atoms with Gasteiger partial charge in [0.1, 0.15) is 0 Å². The number of hydrogen-bond donors (Lipinski definition) is 2. The smallest absolute Gasteiger partial charge is 0.307 e. The number of carbonyl (C=O) groups excluding carboxylic acids is 2. The van der Waals surface area contributed by atoms with Crippen molar-refractivity contribution in [1.82, 2.24) is 4.31 Å². The van der Waals surface area contributed by atoms with Crippen LogP contribution < -0.4 is 10.6 Å². The molecule has 176 valence electrons. The number of nitrogens with one attached hydrogen (secondary N) is 2. The summed E-state index contributed by atoms with van der Waals surface area (Å²) in [5.41, 5.74) is 2.36. The first-order valence-electron chi connectivity index (χ1n) is 10.6. The molecule has 0 aliphatic rings. The number of para-hydroxylation sites is 2. The molecule has 0 aliphatic heterocycles. The van der Waals surface area contributed by atoms with E-state index in [0.717, 1.165) is 11.0 Å². The minimum absolute atomic E-state index is 0.0455. The third kappa shape index (κ3) is 6.55. The molecule has 4 amide bonds. The first-order valence-corrected chi connectivity index (χ1v) is 12.1. The molecular formula is C26H27N3O4S. The predicted molar refractivity (Wildman–Crippen MR) is 136 cm³/mol. The summed E-state index contributed by atoms with van der Waals surface area (Å²) in [5, 5.41) is 5.74. The number of rotatable bonds is 5. The van der Waals surface area contributed by atoms with Gasteiger partial charge in [-0.2, -0.15) is 0 Å². The van der Waals surface area contributed by atoms with Crippen LogP contribution in [0.3, 0.4) is 0 Å². The molecular weight excluding hydrogens is 450 g/mol. The van der Waals surface area contributed by atoms with E-state index < -0.39 is 22.1 Å². The van der Waals surface area contributed by atoms with Crippen molar-refractivity contribution < 1.29 is 18.0 Å². The SMILES string of the molecule is CC(C)(C)c1ccc(/C=C/S(=O)(=O)N(C(=O)Nc2ccccc2)C(=O)Nc2ccccc2)cc1. The van der Waals surface area contributed by atoms with Crippen LogP contribution in [0.4, 0.5) is 21.0 Å². The first kappa shape index (κ1) is 24.7. The maximum atomic E-state index is 13.1. The quantitative estimate of drug-likeness (QED) is 0.467. The maximum absolute atomic E-state index is 13.1. The van der Waals surface area contributed by atoms with Gasteiger partial charge in [0.15, 0.2) is 0 Å². The van der Waals surface area contributed by atoms with E-state index in [0.29, 0.717) is 16.9 Å². The lowest BCUT2D eigenvalue weighted by molar-refractivity contribution is 0.223. The molecule has 34 heavy (non-hydrogen) atoms. The van der Waals surface area contributed by atoms with Crippen molar-refractivity contribution in [3.05, 3.63) is 101 Å². The van der Waals surface area contributed by atoms with E-state index in [9.17, 15) is 18.0 Å². The zero-order chi connectivity index (χ0) is 24.8. The van der Waals surface area contributed by atoms with Crippen LogP contribution >= 0.6 is 0 Å². The molecule has 0 radical (unpaired) electrons. The Bertz CT molecular complexity index is 1210. The summed E-state index contributed by atoms with van der Waals surface area (Å²) in [7, 11) is -4.47. The molecule has 0 bridgehead atoms. The van der Waals surface area contributed by atoms with Gasteiger partial charge >= 0.3 is 12.1 Å². The monoisotopic (exact) mass is 477 g/mol. The Balaban J connectivity index is 1.89. The summed E-state index contributed by atoms with van der Waals surface area (Å²) in [6.45, 7) is 6.24. The third-order valence-electron chi connectivity index (χ3n) is 4.88. The fraction of sp³-hybridized carbons (Fsp3) is 0.154. The van der Waals surface area contributed by atoms with Gasteiger partial charge in [0.05, 0.1) is 5.41 Å². The van der Waals surface area contributed by atoms with Crippen LogP contribution in [0.2, 0.25) is 0 Å². The number of carbonyl (C=O) groups is 2. The second-order valence-electron chi connectivity index (χ2n) is 8.58. The van der Waals surface area contributed by atoms with Crippen LogP contribution in [0.1, 0.15) is 31.9 Å².